The standard InChI is InChI=1S/C10H13NO3/c1-4-14-9-8(10(12)13)6(2)5-7(3)11-9/h5H,4H2,1-3H3,(H,12,13). The first-order valence-electron chi connectivity index (χ1n) is 4.40. The van der Waals surface area contributed by atoms with Gasteiger partial charge < -0.3 is 9.84 Å². The minimum absolute atomic E-state index is 0.150. The van der Waals surface area contributed by atoms with Crippen molar-refractivity contribution in [2.45, 2.75) is 20.8 Å². The average molecular weight is 195 g/mol. The highest BCUT2D eigenvalue weighted by Crippen LogP contribution is 2.20. The zero-order chi connectivity index (χ0) is 10.7. The summed E-state index contributed by atoms with van der Waals surface area (Å²) in [4.78, 5) is 15.0. The van der Waals surface area contributed by atoms with Gasteiger partial charge in [0.05, 0.1) is 6.61 Å². The molecule has 4 nitrogen and oxygen atoms in total. The van der Waals surface area contributed by atoms with Crippen molar-refractivity contribution in [3.05, 3.63) is 22.9 Å². The van der Waals surface area contributed by atoms with E-state index < -0.39 is 5.97 Å². The van der Waals surface area contributed by atoms with Crippen LogP contribution in [0.1, 0.15) is 28.5 Å². The summed E-state index contributed by atoms with van der Waals surface area (Å²) >= 11 is 0. The Kier molecular flexibility index (Phi) is 3.06. The molecule has 4 heteroatoms. The highest BCUT2D eigenvalue weighted by Gasteiger charge is 2.16. The van der Waals surface area contributed by atoms with Gasteiger partial charge in [-0.2, -0.15) is 0 Å². The molecule has 76 valence electrons. The lowest BCUT2D eigenvalue weighted by molar-refractivity contribution is 0.0690. The van der Waals surface area contributed by atoms with E-state index in [-0.39, 0.29) is 11.4 Å². The van der Waals surface area contributed by atoms with Crippen LogP contribution in [0, 0.1) is 13.8 Å². The summed E-state index contributed by atoms with van der Waals surface area (Å²) in [6.45, 7) is 5.75. The molecule has 0 bridgehead atoms. The van der Waals surface area contributed by atoms with Gasteiger partial charge >= 0.3 is 5.97 Å². The number of hydrogen-bond donors (Lipinski definition) is 1. The first-order chi connectivity index (χ1) is 6.56. The zero-order valence-electron chi connectivity index (χ0n) is 8.50. The zero-order valence-corrected chi connectivity index (χ0v) is 8.50. The molecular formula is C10H13NO3. The Balaban J connectivity index is 3.28. The van der Waals surface area contributed by atoms with Crippen molar-refractivity contribution in [3.63, 3.8) is 0 Å². The van der Waals surface area contributed by atoms with Gasteiger partial charge in [0.15, 0.2) is 0 Å². The maximum atomic E-state index is 10.9. The topological polar surface area (TPSA) is 59.4 Å². The predicted molar refractivity (Wildman–Crippen MR) is 51.8 cm³/mol. The van der Waals surface area contributed by atoms with Crippen LogP contribution in [-0.4, -0.2) is 22.7 Å². The number of carboxylic acids is 1. The molecule has 0 aliphatic carbocycles. The van der Waals surface area contributed by atoms with Crippen molar-refractivity contribution in [2.75, 3.05) is 6.61 Å². The van der Waals surface area contributed by atoms with Crippen LogP contribution in [0.3, 0.4) is 0 Å². The second kappa shape index (κ2) is 4.09. The quantitative estimate of drug-likeness (QED) is 0.798. The summed E-state index contributed by atoms with van der Waals surface area (Å²) in [6.07, 6.45) is 0. The number of aromatic nitrogens is 1. The molecule has 0 aliphatic rings. The second-order valence-electron chi connectivity index (χ2n) is 3.00. The van der Waals surface area contributed by atoms with Crippen molar-refractivity contribution in [3.8, 4) is 5.88 Å². The molecule has 0 saturated heterocycles. The van der Waals surface area contributed by atoms with Crippen LogP contribution in [-0.2, 0) is 0 Å². The van der Waals surface area contributed by atoms with E-state index in [9.17, 15) is 4.79 Å². The van der Waals surface area contributed by atoms with Gasteiger partial charge in [0.1, 0.15) is 5.56 Å². The van der Waals surface area contributed by atoms with E-state index in [0.717, 1.165) is 5.69 Å². The molecule has 0 unspecified atom stereocenters. The van der Waals surface area contributed by atoms with Gasteiger partial charge in [-0.1, -0.05) is 0 Å². The van der Waals surface area contributed by atoms with Crippen LogP contribution in [0.4, 0.5) is 0 Å². The molecule has 0 atom stereocenters. The lowest BCUT2D eigenvalue weighted by Crippen LogP contribution is -2.08. The van der Waals surface area contributed by atoms with E-state index in [2.05, 4.69) is 4.98 Å². The fraction of sp³-hybridized carbons (Fsp3) is 0.400. The Morgan fingerprint density at radius 2 is 2.21 bits per heavy atom. The number of nitrogens with zero attached hydrogens (tertiary/aromatic N) is 1. The Bertz CT molecular complexity index is 361. The van der Waals surface area contributed by atoms with E-state index in [1.165, 1.54) is 0 Å². The normalized spacial score (nSPS) is 9.93. The van der Waals surface area contributed by atoms with Gasteiger partial charge in [-0.25, -0.2) is 9.78 Å². The molecule has 14 heavy (non-hydrogen) atoms. The molecule has 0 aromatic carbocycles. The van der Waals surface area contributed by atoms with Crippen LogP contribution < -0.4 is 4.74 Å². The van der Waals surface area contributed by atoms with E-state index >= 15 is 0 Å². The van der Waals surface area contributed by atoms with E-state index in [0.29, 0.717) is 12.2 Å². The van der Waals surface area contributed by atoms with Gasteiger partial charge in [-0.15, -0.1) is 0 Å². The fourth-order valence-electron chi connectivity index (χ4n) is 1.30. The minimum atomic E-state index is -1.00. The molecule has 1 N–H and O–H groups in total. The van der Waals surface area contributed by atoms with E-state index in [4.69, 9.17) is 9.84 Å². The monoisotopic (exact) mass is 195 g/mol. The molecule has 1 aromatic rings. The van der Waals surface area contributed by atoms with E-state index in [1.807, 2.05) is 0 Å². The summed E-state index contributed by atoms with van der Waals surface area (Å²) in [7, 11) is 0. The van der Waals surface area contributed by atoms with Gasteiger partial charge in [0.25, 0.3) is 0 Å². The van der Waals surface area contributed by atoms with Gasteiger partial charge in [0, 0.05) is 5.69 Å². The van der Waals surface area contributed by atoms with Crippen LogP contribution >= 0.6 is 0 Å². The number of ether oxygens (including phenoxy) is 1. The van der Waals surface area contributed by atoms with Crippen molar-refractivity contribution < 1.29 is 14.6 Å². The predicted octanol–water partition coefficient (Wildman–Crippen LogP) is 1.80. The van der Waals surface area contributed by atoms with Crippen LogP contribution in [0.2, 0.25) is 0 Å². The third kappa shape index (κ3) is 2.02. The third-order valence-electron chi connectivity index (χ3n) is 1.81. The van der Waals surface area contributed by atoms with Gasteiger partial charge in [-0.05, 0) is 32.4 Å². The third-order valence-corrected chi connectivity index (χ3v) is 1.81. The molecule has 0 fully saturated rings. The molecule has 1 heterocycles. The first kappa shape index (κ1) is 10.5. The molecule has 0 aliphatic heterocycles. The molecule has 0 radical (unpaired) electrons. The molecule has 0 spiro atoms. The molecule has 1 rings (SSSR count). The lowest BCUT2D eigenvalue weighted by atomic mass is 10.1. The van der Waals surface area contributed by atoms with Gasteiger partial charge in [0.2, 0.25) is 5.88 Å². The minimum Gasteiger partial charge on any atom is -0.477 e. The number of carbonyl (C=O) groups is 1. The fourth-order valence-corrected chi connectivity index (χ4v) is 1.30. The SMILES string of the molecule is CCOc1nc(C)cc(C)c1C(=O)O. The molecule has 1 aromatic heterocycles. The van der Waals surface area contributed by atoms with Crippen molar-refractivity contribution >= 4 is 5.97 Å². The molecular weight excluding hydrogens is 182 g/mol. The summed E-state index contributed by atoms with van der Waals surface area (Å²) in [6, 6.07) is 1.73. The van der Waals surface area contributed by atoms with E-state index in [1.54, 1.807) is 26.8 Å². The highest BCUT2D eigenvalue weighted by molar-refractivity contribution is 5.91. The maximum Gasteiger partial charge on any atom is 0.341 e. The largest absolute Gasteiger partial charge is 0.477 e. The lowest BCUT2D eigenvalue weighted by Gasteiger charge is -2.09. The van der Waals surface area contributed by atoms with Gasteiger partial charge in [-0.3, -0.25) is 0 Å². The average Bonchev–Trinajstić information content (AvgIpc) is 2.01. The number of rotatable bonds is 3. The number of pyridine rings is 1. The smallest absolute Gasteiger partial charge is 0.341 e. The maximum absolute atomic E-state index is 10.9. The van der Waals surface area contributed by atoms with Crippen molar-refractivity contribution in [1.82, 2.24) is 4.98 Å². The second-order valence-corrected chi connectivity index (χ2v) is 3.00. The number of carboxylic acid groups (broad SMARTS) is 1. The first-order valence-corrected chi connectivity index (χ1v) is 4.40. The summed E-state index contributed by atoms with van der Waals surface area (Å²) < 4.78 is 5.17. The van der Waals surface area contributed by atoms with Crippen LogP contribution in [0.5, 0.6) is 5.88 Å². The molecule has 0 amide bonds. The van der Waals surface area contributed by atoms with Crippen molar-refractivity contribution in [1.29, 1.82) is 0 Å². The Hall–Kier alpha value is -1.58. The van der Waals surface area contributed by atoms with Crippen LogP contribution in [0.15, 0.2) is 6.07 Å². The summed E-state index contributed by atoms with van der Waals surface area (Å²) in [5, 5.41) is 8.94. The Morgan fingerprint density at radius 3 is 2.71 bits per heavy atom. The Labute approximate surface area is 82.5 Å². The van der Waals surface area contributed by atoms with Crippen LogP contribution in [0.25, 0.3) is 0 Å². The summed E-state index contributed by atoms with van der Waals surface area (Å²) in [5.74, 6) is -0.795. The number of aryl methyl sites for hydroxylation is 2. The molecule has 0 saturated carbocycles. The highest BCUT2D eigenvalue weighted by atomic mass is 16.5. The Morgan fingerprint density at radius 1 is 1.57 bits per heavy atom. The number of aromatic carboxylic acids is 1. The van der Waals surface area contributed by atoms with Crippen molar-refractivity contribution in [2.24, 2.45) is 0 Å². The summed E-state index contributed by atoms with van der Waals surface area (Å²) in [5.41, 5.74) is 1.59. The number of hydrogen-bond acceptors (Lipinski definition) is 3.